The highest BCUT2D eigenvalue weighted by molar-refractivity contribution is 6.30. The number of anilines is 2. The van der Waals surface area contributed by atoms with Crippen LogP contribution < -0.4 is 5.32 Å². The lowest BCUT2D eigenvalue weighted by molar-refractivity contribution is 0.0974. The Morgan fingerprint density at radius 2 is 1.76 bits per heavy atom. The third-order valence-corrected chi connectivity index (χ3v) is 4.08. The Bertz CT molecular complexity index is 915. The van der Waals surface area contributed by atoms with E-state index in [-0.39, 0.29) is 0 Å². The summed E-state index contributed by atoms with van der Waals surface area (Å²) in [6, 6.07) is 17.7. The predicted octanol–water partition coefficient (Wildman–Crippen LogP) is 4.00. The van der Waals surface area contributed by atoms with Gasteiger partial charge in [-0.1, -0.05) is 23.7 Å². The number of nitrogens with one attached hydrogen (secondary N) is 1. The van der Waals surface area contributed by atoms with Gasteiger partial charge in [0.2, 0.25) is 5.95 Å². The Hall–Kier alpha value is -2.94. The van der Waals surface area contributed by atoms with Gasteiger partial charge in [0.1, 0.15) is 5.60 Å². The standard InChI is InChI=1S/C19H15ClN4O/c1-19(25,14-4-6-15(20)7-5-14)17-10-11-22-18(24-17)23-16-8-2-13(12-21)3-9-16/h2-11,25H,1H3,(H,22,23,24). The Morgan fingerprint density at radius 3 is 2.40 bits per heavy atom. The van der Waals surface area contributed by atoms with E-state index in [9.17, 15) is 5.11 Å². The predicted molar refractivity (Wildman–Crippen MR) is 96.6 cm³/mol. The van der Waals surface area contributed by atoms with E-state index >= 15 is 0 Å². The minimum atomic E-state index is -1.28. The molecule has 0 bridgehead atoms. The van der Waals surface area contributed by atoms with Gasteiger partial charge >= 0.3 is 0 Å². The van der Waals surface area contributed by atoms with E-state index in [0.29, 0.717) is 27.8 Å². The summed E-state index contributed by atoms with van der Waals surface area (Å²) in [5, 5.41) is 23.4. The highest BCUT2D eigenvalue weighted by Crippen LogP contribution is 2.29. The molecule has 1 heterocycles. The van der Waals surface area contributed by atoms with Gasteiger partial charge in [-0.3, -0.25) is 0 Å². The average molecular weight is 351 g/mol. The molecular formula is C19H15ClN4O. The molecule has 3 aromatic rings. The van der Waals surface area contributed by atoms with Crippen LogP contribution in [0.3, 0.4) is 0 Å². The Balaban J connectivity index is 1.87. The molecule has 0 spiro atoms. The topological polar surface area (TPSA) is 81.8 Å². The molecule has 6 heteroatoms. The molecule has 1 atom stereocenters. The van der Waals surface area contributed by atoms with Gasteiger partial charge in [0.25, 0.3) is 0 Å². The molecule has 0 saturated carbocycles. The van der Waals surface area contributed by atoms with Crippen LogP contribution in [-0.2, 0) is 5.60 Å². The summed E-state index contributed by atoms with van der Waals surface area (Å²) in [7, 11) is 0. The molecule has 0 amide bonds. The van der Waals surface area contributed by atoms with Gasteiger partial charge in [0.15, 0.2) is 0 Å². The van der Waals surface area contributed by atoms with Crippen molar-refractivity contribution < 1.29 is 5.11 Å². The van der Waals surface area contributed by atoms with Crippen molar-refractivity contribution in [1.82, 2.24) is 9.97 Å². The van der Waals surface area contributed by atoms with Crippen LogP contribution in [0.1, 0.15) is 23.7 Å². The molecule has 2 N–H and O–H groups in total. The van der Waals surface area contributed by atoms with E-state index < -0.39 is 5.60 Å². The van der Waals surface area contributed by atoms with E-state index in [4.69, 9.17) is 16.9 Å². The first-order valence-electron chi connectivity index (χ1n) is 7.58. The van der Waals surface area contributed by atoms with Crippen LogP contribution in [-0.4, -0.2) is 15.1 Å². The van der Waals surface area contributed by atoms with Gasteiger partial charge in [0, 0.05) is 16.9 Å². The van der Waals surface area contributed by atoms with E-state index in [1.54, 1.807) is 67.7 Å². The molecule has 0 aliphatic rings. The second kappa shape index (κ2) is 6.89. The average Bonchev–Trinajstić information content (AvgIpc) is 2.63. The summed E-state index contributed by atoms with van der Waals surface area (Å²) in [4.78, 5) is 8.59. The lowest BCUT2D eigenvalue weighted by Crippen LogP contribution is -2.24. The maximum absolute atomic E-state index is 10.9. The monoisotopic (exact) mass is 350 g/mol. The van der Waals surface area contributed by atoms with Crippen LogP contribution in [0.2, 0.25) is 5.02 Å². The fourth-order valence-electron chi connectivity index (χ4n) is 2.37. The summed E-state index contributed by atoms with van der Waals surface area (Å²) in [5.41, 5.74) is 1.18. The van der Waals surface area contributed by atoms with Crippen molar-refractivity contribution in [3.8, 4) is 6.07 Å². The normalized spacial score (nSPS) is 12.9. The van der Waals surface area contributed by atoms with E-state index in [2.05, 4.69) is 21.4 Å². The smallest absolute Gasteiger partial charge is 0.227 e. The molecule has 25 heavy (non-hydrogen) atoms. The molecule has 2 aromatic carbocycles. The van der Waals surface area contributed by atoms with Crippen molar-refractivity contribution in [3.63, 3.8) is 0 Å². The fourth-order valence-corrected chi connectivity index (χ4v) is 2.50. The van der Waals surface area contributed by atoms with Crippen molar-refractivity contribution in [2.24, 2.45) is 0 Å². The highest BCUT2D eigenvalue weighted by Gasteiger charge is 2.27. The minimum absolute atomic E-state index is 0.358. The molecule has 3 rings (SSSR count). The van der Waals surface area contributed by atoms with E-state index in [1.807, 2.05) is 0 Å². The molecule has 0 fully saturated rings. The fraction of sp³-hybridized carbons (Fsp3) is 0.105. The Kier molecular flexibility index (Phi) is 4.66. The quantitative estimate of drug-likeness (QED) is 0.743. The van der Waals surface area contributed by atoms with Crippen LogP contribution in [0.15, 0.2) is 60.8 Å². The van der Waals surface area contributed by atoms with Crippen LogP contribution >= 0.6 is 11.6 Å². The van der Waals surface area contributed by atoms with Crippen LogP contribution in [0, 0.1) is 11.3 Å². The molecule has 0 radical (unpaired) electrons. The first kappa shape index (κ1) is 16.9. The molecule has 0 aliphatic carbocycles. The number of aromatic nitrogens is 2. The highest BCUT2D eigenvalue weighted by atomic mass is 35.5. The summed E-state index contributed by atoms with van der Waals surface area (Å²) in [6.07, 6.45) is 1.58. The van der Waals surface area contributed by atoms with Crippen LogP contribution in [0.4, 0.5) is 11.6 Å². The summed E-state index contributed by atoms with van der Waals surface area (Å²) in [6.45, 7) is 1.67. The zero-order valence-corrected chi connectivity index (χ0v) is 14.2. The zero-order valence-electron chi connectivity index (χ0n) is 13.4. The van der Waals surface area contributed by atoms with Gasteiger partial charge in [-0.25, -0.2) is 9.97 Å². The first-order chi connectivity index (χ1) is 12.0. The largest absolute Gasteiger partial charge is 0.379 e. The zero-order chi connectivity index (χ0) is 17.9. The van der Waals surface area contributed by atoms with Gasteiger partial charge in [0.05, 0.1) is 17.3 Å². The lowest BCUT2D eigenvalue weighted by atomic mass is 9.92. The number of nitrogens with zero attached hydrogens (tertiary/aromatic N) is 3. The van der Waals surface area contributed by atoms with E-state index in [0.717, 1.165) is 5.69 Å². The number of hydrogen-bond acceptors (Lipinski definition) is 5. The minimum Gasteiger partial charge on any atom is -0.379 e. The van der Waals surface area contributed by atoms with Gasteiger partial charge in [-0.2, -0.15) is 5.26 Å². The maximum atomic E-state index is 10.9. The number of rotatable bonds is 4. The van der Waals surface area contributed by atoms with Crippen molar-refractivity contribution in [3.05, 3.63) is 82.6 Å². The lowest BCUT2D eigenvalue weighted by Gasteiger charge is -2.23. The van der Waals surface area contributed by atoms with E-state index in [1.165, 1.54) is 0 Å². The number of nitriles is 1. The van der Waals surface area contributed by atoms with Gasteiger partial charge < -0.3 is 10.4 Å². The molecule has 124 valence electrons. The molecule has 0 saturated heterocycles. The second-order valence-corrected chi connectivity index (χ2v) is 6.10. The molecule has 0 aliphatic heterocycles. The van der Waals surface area contributed by atoms with Gasteiger partial charge in [-0.05, 0) is 55.0 Å². The molecule has 5 nitrogen and oxygen atoms in total. The van der Waals surface area contributed by atoms with Crippen molar-refractivity contribution >= 4 is 23.2 Å². The Labute approximate surface area is 150 Å². The molecule has 1 aromatic heterocycles. The Morgan fingerprint density at radius 1 is 1.08 bits per heavy atom. The summed E-state index contributed by atoms with van der Waals surface area (Å²) >= 11 is 5.91. The number of aliphatic hydroxyl groups is 1. The SMILES string of the molecule is CC(O)(c1ccc(Cl)cc1)c1ccnc(Nc2ccc(C#N)cc2)n1. The van der Waals surface area contributed by atoms with Crippen LogP contribution in [0.5, 0.6) is 0 Å². The molecule has 1 unspecified atom stereocenters. The van der Waals surface area contributed by atoms with Crippen molar-refractivity contribution in [2.75, 3.05) is 5.32 Å². The number of hydrogen-bond donors (Lipinski definition) is 2. The second-order valence-electron chi connectivity index (χ2n) is 5.66. The van der Waals surface area contributed by atoms with Crippen molar-refractivity contribution in [1.29, 1.82) is 5.26 Å². The van der Waals surface area contributed by atoms with Crippen LogP contribution in [0.25, 0.3) is 0 Å². The van der Waals surface area contributed by atoms with Crippen molar-refractivity contribution in [2.45, 2.75) is 12.5 Å². The number of benzene rings is 2. The summed E-state index contributed by atoms with van der Waals surface area (Å²) < 4.78 is 0. The summed E-state index contributed by atoms with van der Waals surface area (Å²) in [5.74, 6) is 0.358. The number of halogens is 1. The maximum Gasteiger partial charge on any atom is 0.227 e. The third-order valence-electron chi connectivity index (χ3n) is 3.83. The molecular weight excluding hydrogens is 336 g/mol. The van der Waals surface area contributed by atoms with Gasteiger partial charge in [-0.15, -0.1) is 0 Å². The third kappa shape index (κ3) is 3.77. The first-order valence-corrected chi connectivity index (χ1v) is 7.96.